The van der Waals surface area contributed by atoms with E-state index >= 15 is 0 Å². The zero-order valence-corrected chi connectivity index (χ0v) is 11.0. The summed E-state index contributed by atoms with van der Waals surface area (Å²) in [5.74, 6) is 1.66. The van der Waals surface area contributed by atoms with Crippen LogP contribution in [0.5, 0.6) is 0 Å². The average molecular weight is 232 g/mol. The molecule has 0 radical (unpaired) electrons. The van der Waals surface area contributed by atoms with Crippen molar-refractivity contribution in [2.75, 3.05) is 0 Å². The van der Waals surface area contributed by atoms with E-state index in [1.807, 2.05) is 6.07 Å². The third-order valence-corrected chi connectivity index (χ3v) is 3.67. The van der Waals surface area contributed by atoms with Crippen LogP contribution in [-0.2, 0) is 4.79 Å². The summed E-state index contributed by atoms with van der Waals surface area (Å²) in [6.45, 7) is 8.11. The van der Waals surface area contributed by atoms with Gasteiger partial charge in [0.25, 0.3) is 0 Å². The highest BCUT2D eigenvalue weighted by molar-refractivity contribution is 5.93. The number of Topliss-reactive ketones (excluding diaryl/α,β-unsaturated/α-hetero) is 1. The topological polar surface area (TPSA) is 30.2 Å². The molecule has 1 aromatic rings. The lowest BCUT2D eigenvalue weighted by atomic mass is 9.90. The van der Waals surface area contributed by atoms with Crippen LogP contribution < -0.4 is 0 Å². The number of carbonyl (C=O) groups excluding carboxylic acids is 1. The second-order valence-electron chi connectivity index (χ2n) is 5.26. The van der Waals surface area contributed by atoms with Crippen LogP contribution in [0.15, 0.2) is 22.3 Å². The first-order chi connectivity index (χ1) is 8.02. The van der Waals surface area contributed by atoms with Gasteiger partial charge in [0.2, 0.25) is 0 Å². The number of furan rings is 1. The molecule has 0 unspecified atom stereocenters. The zero-order valence-electron chi connectivity index (χ0n) is 11.0. The Bertz CT molecular complexity index is 463. The molecule has 0 saturated carbocycles. The minimum absolute atomic E-state index is 0.0404. The number of hydrogen-bond acceptors (Lipinski definition) is 2. The molecule has 0 spiro atoms. The van der Waals surface area contributed by atoms with Gasteiger partial charge in [-0.15, -0.1) is 0 Å². The molecule has 0 N–H and O–H groups in total. The van der Waals surface area contributed by atoms with Crippen LogP contribution >= 0.6 is 0 Å². The van der Waals surface area contributed by atoms with E-state index in [1.54, 1.807) is 13.2 Å². The lowest BCUT2D eigenvalue weighted by Crippen LogP contribution is -2.10. The van der Waals surface area contributed by atoms with E-state index in [0.29, 0.717) is 5.92 Å². The van der Waals surface area contributed by atoms with Gasteiger partial charge in [-0.05, 0) is 38.7 Å². The second-order valence-corrected chi connectivity index (χ2v) is 5.26. The highest BCUT2D eigenvalue weighted by Crippen LogP contribution is 2.42. The number of rotatable bonds is 3. The fourth-order valence-electron chi connectivity index (χ4n) is 2.69. The van der Waals surface area contributed by atoms with E-state index < -0.39 is 0 Å². The molecule has 0 bridgehead atoms. The molecule has 0 aromatic carbocycles. The fourth-order valence-corrected chi connectivity index (χ4v) is 2.69. The van der Waals surface area contributed by atoms with Crippen molar-refractivity contribution in [3.05, 3.63) is 29.2 Å². The summed E-state index contributed by atoms with van der Waals surface area (Å²) in [6.07, 6.45) is 3.69. The van der Waals surface area contributed by atoms with Gasteiger partial charge < -0.3 is 4.42 Å². The third-order valence-electron chi connectivity index (χ3n) is 3.67. The predicted octanol–water partition coefficient (Wildman–Crippen LogP) is 4.18. The zero-order chi connectivity index (χ0) is 12.6. The van der Waals surface area contributed by atoms with Crippen LogP contribution in [0.25, 0.3) is 5.57 Å². The molecule has 0 saturated heterocycles. The molecule has 0 amide bonds. The summed E-state index contributed by atoms with van der Waals surface area (Å²) in [4.78, 5) is 11.7. The minimum atomic E-state index is 0.0404. The largest absolute Gasteiger partial charge is 0.464 e. The van der Waals surface area contributed by atoms with Crippen molar-refractivity contribution in [2.45, 2.75) is 46.5 Å². The van der Waals surface area contributed by atoms with Crippen molar-refractivity contribution in [1.29, 1.82) is 0 Å². The molecule has 2 heteroatoms. The summed E-state index contributed by atoms with van der Waals surface area (Å²) in [6, 6.07) is 2.02. The Morgan fingerprint density at radius 1 is 1.47 bits per heavy atom. The smallest absolute Gasteiger partial charge is 0.137 e. The van der Waals surface area contributed by atoms with Crippen LogP contribution in [0.1, 0.15) is 57.8 Å². The Hall–Kier alpha value is -1.31. The highest BCUT2D eigenvalue weighted by atomic mass is 16.3. The van der Waals surface area contributed by atoms with Gasteiger partial charge in [-0.1, -0.05) is 19.4 Å². The SMILES string of the molecule is CC(=O)[C@@H]1CCC(C)=C1c1occc1C(C)C. The molecule has 0 aliphatic heterocycles. The van der Waals surface area contributed by atoms with Gasteiger partial charge >= 0.3 is 0 Å². The Balaban J connectivity index is 2.47. The Morgan fingerprint density at radius 3 is 2.76 bits per heavy atom. The van der Waals surface area contributed by atoms with Gasteiger partial charge in [-0.2, -0.15) is 0 Å². The van der Waals surface area contributed by atoms with Gasteiger partial charge in [0.15, 0.2) is 0 Å². The lowest BCUT2D eigenvalue weighted by molar-refractivity contribution is -0.119. The van der Waals surface area contributed by atoms with E-state index in [2.05, 4.69) is 20.8 Å². The van der Waals surface area contributed by atoms with Crippen LogP contribution in [0.2, 0.25) is 0 Å². The fraction of sp³-hybridized carbons (Fsp3) is 0.533. The van der Waals surface area contributed by atoms with E-state index in [0.717, 1.165) is 24.2 Å². The molecule has 1 aliphatic carbocycles. The van der Waals surface area contributed by atoms with Crippen molar-refractivity contribution in [3.63, 3.8) is 0 Å². The number of allylic oxidation sites excluding steroid dienone is 2. The molecule has 2 rings (SSSR count). The number of ketones is 1. The molecule has 1 aromatic heterocycles. The predicted molar refractivity (Wildman–Crippen MR) is 68.8 cm³/mol. The van der Waals surface area contributed by atoms with Gasteiger partial charge in [0, 0.05) is 17.1 Å². The summed E-state index contributed by atoms with van der Waals surface area (Å²) in [5, 5.41) is 0. The highest BCUT2D eigenvalue weighted by Gasteiger charge is 2.31. The molecule has 1 heterocycles. The Morgan fingerprint density at radius 2 is 2.18 bits per heavy atom. The summed E-state index contributed by atoms with van der Waals surface area (Å²) >= 11 is 0. The summed E-state index contributed by atoms with van der Waals surface area (Å²) in [7, 11) is 0. The van der Waals surface area contributed by atoms with Gasteiger partial charge in [0.05, 0.1) is 6.26 Å². The molecule has 92 valence electrons. The summed E-state index contributed by atoms with van der Waals surface area (Å²) < 4.78 is 5.65. The van der Waals surface area contributed by atoms with E-state index in [9.17, 15) is 4.79 Å². The first kappa shape index (κ1) is 12.2. The average Bonchev–Trinajstić information content (AvgIpc) is 2.82. The van der Waals surface area contributed by atoms with Crippen molar-refractivity contribution < 1.29 is 9.21 Å². The van der Waals surface area contributed by atoms with Crippen LogP contribution in [0, 0.1) is 5.92 Å². The number of hydrogen-bond donors (Lipinski definition) is 0. The molecule has 2 nitrogen and oxygen atoms in total. The normalized spacial score (nSPS) is 20.4. The van der Waals surface area contributed by atoms with Crippen molar-refractivity contribution >= 4 is 11.4 Å². The third kappa shape index (κ3) is 2.08. The molecule has 1 atom stereocenters. The molecule has 0 fully saturated rings. The first-order valence-corrected chi connectivity index (χ1v) is 6.30. The maximum atomic E-state index is 11.7. The number of carbonyl (C=O) groups is 1. The van der Waals surface area contributed by atoms with Crippen molar-refractivity contribution in [1.82, 2.24) is 0 Å². The maximum Gasteiger partial charge on any atom is 0.137 e. The molecular weight excluding hydrogens is 212 g/mol. The first-order valence-electron chi connectivity index (χ1n) is 6.30. The Labute approximate surface area is 103 Å². The van der Waals surface area contributed by atoms with Crippen LogP contribution in [0.4, 0.5) is 0 Å². The van der Waals surface area contributed by atoms with E-state index in [-0.39, 0.29) is 11.7 Å². The second kappa shape index (κ2) is 4.52. The van der Waals surface area contributed by atoms with Crippen molar-refractivity contribution in [2.24, 2.45) is 5.92 Å². The molecule has 17 heavy (non-hydrogen) atoms. The Kier molecular flexibility index (Phi) is 3.23. The summed E-state index contributed by atoms with van der Waals surface area (Å²) in [5.41, 5.74) is 3.67. The molecular formula is C15H20O2. The van der Waals surface area contributed by atoms with Gasteiger partial charge in [-0.3, -0.25) is 4.79 Å². The van der Waals surface area contributed by atoms with Crippen LogP contribution in [-0.4, -0.2) is 5.78 Å². The van der Waals surface area contributed by atoms with Crippen LogP contribution in [0.3, 0.4) is 0 Å². The van der Waals surface area contributed by atoms with E-state index in [4.69, 9.17) is 4.42 Å². The van der Waals surface area contributed by atoms with Gasteiger partial charge in [0.1, 0.15) is 11.5 Å². The minimum Gasteiger partial charge on any atom is -0.464 e. The standard InChI is InChI=1S/C15H20O2/c1-9(2)12-7-8-17-15(12)14-10(3)5-6-13(14)11(4)16/h7-9,13H,5-6H2,1-4H3/t13-/m0/s1. The van der Waals surface area contributed by atoms with E-state index in [1.165, 1.54) is 11.1 Å². The lowest BCUT2D eigenvalue weighted by Gasteiger charge is -2.13. The molecule has 1 aliphatic rings. The van der Waals surface area contributed by atoms with Gasteiger partial charge in [-0.25, -0.2) is 0 Å². The van der Waals surface area contributed by atoms with Crippen molar-refractivity contribution in [3.8, 4) is 0 Å². The monoisotopic (exact) mass is 232 g/mol. The maximum absolute atomic E-state index is 11.7. The quantitative estimate of drug-likeness (QED) is 0.782.